The second kappa shape index (κ2) is 5.81. The molecule has 0 aromatic heterocycles. The maximum Gasteiger partial charge on any atom is 0.325 e. The summed E-state index contributed by atoms with van der Waals surface area (Å²) in [7, 11) is 0. The molecular weight excluding hydrogens is 270 g/mol. The van der Waals surface area contributed by atoms with Crippen LogP contribution in [0.25, 0.3) is 5.53 Å². The lowest BCUT2D eigenvalue weighted by atomic mass is 9.99. The van der Waals surface area contributed by atoms with Crippen molar-refractivity contribution in [2.24, 2.45) is 5.92 Å². The first kappa shape index (κ1) is 14.8. The zero-order valence-corrected chi connectivity index (χ0v) is 11.8. The molecule has 0 spiro atoms. The fourth-order valence-electron chi connectivity index (χ4n) is 2.43. The van der Waals surface area contributed by atoms with Crippen LogP contribution in [-0.2, 0) is 4.79 Å². The van der Waals surface area contributed by atoms with Crippen molar-refractivity contribution in [3.8, 4) is 0 Å². The average Bonchev–Trinajstić information content (AvgIpc) is 2.69. The van der Waals surface area contributed by atoms with Crippen LogP contribution in [0.2, 0.25) is 0 Å². The number of ketones is 1. The van der Waals surface area contributed by atoms with Crippen molar-refractivity contribution in [3.63, 3.8) is 0 Å². The van der Waals surface area contributed by atoms with Gasteiger partial charge in [-0.3, -0.25) is 19.3 Å². The predicted octanol–water partition coefficient (Wildman–Crippen LogP) is 1.57. The maximum absolute atomic E-state index is 12.4. The highest BCUT2D eigenvalue weighted by Gasteiger charge is 2.43. The fraction of sp³-hybridized carbons (Fsp3) is 0.333. The van der Waals surface area contributed by atoms with Crippen LogP contribution in [-0.4, -0.2) is 39.5 Å². The van der Waals surface area contributed by atoms with Crippen LogP contribution in [0.4, 0.5) is 0 Å². The summed E-state index contributed by atoms with van der Waals surface area (Å²) in [6, 6.07) is 5.51. The van der Waals surface area contributed by atoms with Crippen molar-refractivity contribution in [3.05, 3.63) is 40.9 Å². The van der Waals surface area contributed by atoms with Gasteiger partial charge in [0.25, 0.3) is 17.6 Å². The van der Waals surface area contributed by atoms with Crippen molar-refractivity contribution in [2.75, 3.05) is 0 Å². The van der Waals surface area contributed by atoms with E-state index in [9.17, 15) is 14.4 Å². The first-order valence-corrected chi connectivity index (χ1v) is 6.65. The van der Waals surface area contributed by atoms with Gasteiger partial charge >= 0.3 is 6.21 Å². The van der Waals surface area contributed by atoms with Gasteiger partial charge in [0.1, 0.15) is 6.04 Å². The number of nitrogens with zero attached hydrogens (tertiary/aromatic N) is 3. The predicted molar refractivity (Wildman–Crippen MR) is 74.9 cm³/mol. The Bertz CT molecular complexity index is 625. The molecule has 0 bridgehead atoms. The average molecular weight is 285 g/mol. The minimum Gasteiger partial charge on any atom is -0.361 e. The van der Waals surface area contributed by atoms with Gasteiger partial charge in [0.05, 0.1) is 11.1 Å². The lowest BCUT2D eigenvalue weighted by Gasteiger charge is -2.24. The Hall–Kier alpha value is -2.59. The van der Waals surface area contributed by atoms with E-state index in [1.165, 1.54) is 0 Å². The lowest BCUT2D eigenvalue weighted by Crippen LogP contribution is -2.46. The quantitative estimate of drug-likeness (QED) is 0.356. The monoisotopic (exact) mass is 285 g/mol. The van der Waals surface area contributed by atoms with Crippen LogP contribution in [0.5, 0.6) is 0 Å². The number of carbonyl (C=O) groups excluding carboxylic acids is 3. The zero-order valence-electron chi connectivity index (χ0n) is 11.8. The first-order chi connectivity index (χ1) is 9.97. The smallest absolute Gasteiger partial charge is 0.325 e. The Kier molecular flexibility index (Phi) is 4.10. The molecule has 1 aliphatic heterocycles. The maximum atomic E-state index is 12.4. The zero-order chi connectivity index (χ0) is 15.6. The Morgan fingerprint density at radius 3 is 2.19 bits per heavy atom. The molecule has 1 aromatic rings. The van der Waals surface area contributed by atoms with Gasteiger partial charge < -0.3 is 5.53 Å². The molecule has 108 valence electrons. The minimum absolute atomic E-state index is 0.0929. The molecule has 6 nitrogen and oxygen atoms in total. The van der Waals surface area contributed by atoms with Crippen LogP contribution < -0.4 is 0 Å². The topological polar surface area (TPSA) is 90.8 Å². The molecular formula is C15H15N3O3. The van der Waals surface area contributed by atoms with E-state index in [0.717, 1.165) is 11.1 Å². The Labute approximate surface area is 122 Å². The lowest BCUT2D eigenvalue weighted by molar-refractivity contribution is -0.120. The second-order valence-electron chi connectivity index (χ2n) is 5.32. The van der Waals surface area contributed by atoms with Crippen molar-refractivity contribution in [1.29, 1.82) is 0 Å². The van der Waals surface area contributed by atoms with E-state index in [4.69, 9.17) is 5.53 Å². The molecule has 21 heavy (non-hydrogen) atoms. The summed E-state index contributed by atoms with van der Waals surface area (Å²) in [4.78, 5) is 40.5. The van der Waals surface area contributed by atoms with E-state index >= 15 is 0 Å². The summed E-state index contributed by atoms with van der Waals surface area (Å²) in [6.45, 7) is 3.77. The van der Waals surface area contributed by atoms with Crippen LogP contribution in [0, 0.1) is 5.92 Å². The van der Waals surface area contributed by atoms with Gasteiger partial charge in [0.2, 0.25) is 0 Å². The van der Waals surface area contributed by atoms with E-state index < -0.39 is 23.6 Å². The van der Waals surface area contributed by atoms with Gasteiger partial charge in [-0.25, -0.2) is 0 Å². The highest BCUT2D eigenvalue weighted by atomic mass is 16.2. The van der Waals surface area contributed by atoms with E-state index in [-0.39, 0.29) is 5.92 Å². The SMILES string of the molecule is CC(C)C[C@H](C(=O)C=[N+]=[N-])N1C(=O)c2ccccc2C1=O. The summed E-state index contributed by atoms with van der Waals surface area (Å²) < 4.78 is 0. The molecule has 2 rings (SSSR count). The highest BCUT2D eigenvalue weighted by molar-refractivity contribution is 6.31. The summed E-state index contributed by atoms with van der Waals surface area (Å²) >= 11 is 0. The van der Waals surface area contributed by atoms with Crippen LogP contribution in [0.3, 0.4) is 0 Å². The second-order valence-corrected chi connectivity index (χ2v) is 5.32. The molecule has 2 amide bonds. The number of benzene rings is 1. The third-order valence-electron chi connectivity index (χ3n) is 3.35. The molecule has 0 fully saturated rings. The molecule has 0 saturated heterocycles. The minimum atomic E-state index is -0.951. The number of rotatable bonds is 5. The molecule has 1 heterocycles. The first-order valence-electron chi connectivity index (χ1n) is 6.65. The third kappa shape index (κ3) is 2.66. The Morgan fingerprint density at radius 2 is 1.76 bits per heavy atom. The van der Waals surface area contributed by atoms with Gasteiger partial charge in [-0.15, -0.1) is 0 Å². The van der Waals surface area contributed by atoms with E-state index in [1.807, 2.05) is 13.8 Å². The van der Waals surface area contributed by atoms with E-state index in [0.29, 0.717) is 17.5 Å². The number of hydrogen-bond acceptors (Lipinski definition) is 3. The molecule has 1 atom stereocenters. The van der Waals surface area contributed by atoms with Crippen molar-refractivity contribution >= 4 is 23.8 Å². The number of fused-ring (bicyclic) bond motifs is 1. The standard InChI is InChI=1S/C15H15N3O3/c1-9(2)7-12(13(19)8-17-16)18-14(20)10-5-3-4-6-11(10)15(18)21/h3-6,8-9,12H,7H2,1-2H3/t12-/m1/s1. The van der Waals surface area contributed by atoms with Crippen molar-refractivity contribution in [1.82, 2.24) is 4.90 Å². The summed E-state index contributed by atoms with van der Waals surface area (Å²) in [5, 5.41) is 0. The third-order valence-corrected chi connectivity index (χ3v) is 3.35. The molecule has 1 aliphatic rings. The molecule has 0 N–H and O–H groups in total. The summed E-state index contributed by atoms with van der Waals surface area (Å²) in [5.74, 6) is -1.45. The van der Waals surface area contributed by atoms with Crippen LogP contribution in [0.15, 0.2) is 24.3 Å². The van der Waals surface area contributed by atoms with Gasteiger partial charge in [-0.2, -0.15) is 4.79 Å². The number of carbonyl (C=O) groups is 3. The largest absolute Gasteiger partial charge is 0.361 e. The molecule has 6 heteroatoms. The fourth-order valence-corrected chi connectivity index (χ4v) is 2.43. The van der Waals surface area contributed by atoms with Gasteiger partial charge in [0, 0.05) is 0 Å². The summed E-state index contributed by atoms with van der Waals surface area (Å²) in [6.07, 6.45) is 1.05. The Morgan fingerprint density at radius 1 is 1.24 bits per heavy atom. The van der Waals surface area contributed by atoms with Crippen molar-refractivity contribution < 1.29 is 19.2 Å². The molecule has 1 aromatic carbocycles. The Balaban J connectivity index is 2.43. The molecule has 0 saturated carbocycles. The number of imide groups is 1. The van der Waals surface area contributed by atoms with Gasteiger partial charge in [0.15, 0.2) is 0 Å². The molecule has 0 unspecified atom stereocenters. The number of Topliss-reactive ketones (excluding diaryl/α,β-unsaturated/α-hetero) is 1. The van der Waals surface area contributed by atoms with Gasteiger partial charge in [-0.05, 0) is 24.5 Å². The van der Waals surface area contributed by atoms with E-state index in [1.54, 1.807) is 24.3 Å². The van der Waals surface area contributed by atoms with Gasteiger partial charge in [-0.1, -0.05) is 26.0 Å². The highest BCUT2D eigenvalue weighted by Crippen LogP contribution is 2.26. The van der Waals surface area contributed by atoms with Crippen LogP contribution in [0.1, 0.15) is 41.0 Å². The van der Waals surface area contributed by atoms with Crippen LogP contribution >= 0.6 is 0 Å². The van der Waals surface area contributed by atoms with Crippen molar-refractivity contribution in [2.45, 2.75) is 26.3 Å². The normalized spacial score (nSPS) is 14.9. The number of hydrogen-bond donors (Lipinski definition) is 0. The van der Waals surface area contributed by atoms with E-state index in [2.05, 4.69) is 4.79 Å². The molecule has 0 radical (unpaired) electrons. The molecule has 0 aliphatic carbocycles. The summed E-state index contributed by atoms with van der Waals surface area (Å²) in [5.41, 5.74) is 9.12. The number of amides is 2.